The molecule has 178 valence electrons. The van der Waals surface area contributed by atoms with Crippen LogP contribution in [0.3, 0.4) is 0 Å². The number of halogens is 1. The first-order valence-corrected chi connectivity index (χ1v) is 13.0. The summed E-state index contributed by atoms with van der Waals surface area (Å²) in [6.45, 7) is 5.42. The first-order valence-electron chi connectivity index (χ1n) is 13.0. The predicted molar refractivity (Wildman–Crippen MR) is 126 cm³/mol. The second kappa shape index (κ2) is 11.6. The Bertz CT molecular complexity index is 711. The van der Waals surface area contributed by atoms with E-state index in [1.807, 2.05) is 12.1 Å². The zero-order valence-corrected chi connectivity index (χ0v) is 19.6. The second-order valence-electron chi connectivity index (χ2n) is 10.6. The summed E-state index contributed by atoms with van der Waals surface area (Å²) >= 11 is 0. The highest BCUT2D eigenvalue weighted by Crippen LogP contribution is 2.32. The monoisotopic (exact) mass is 444 g/mol. The molecule has 4 rings (SSSR count). The Hall–Kier alpha value is -1.46. The van der Waals surface area contributed by atoms with Crippen LogP contribution in [0.15, 0.2) is 24.3 Å². The number of hydrogen-bond donors (Lipinski definition) is 1. The first kappa shape index (κ1) is 23.7. The third-order valence-electron chi connectivity index (χ3n) is 8.27. The number of carboxylic acids is 1. The summed E-state index contributed by atoms with van der Waals surface area (Å²) < 4.78 is 13.0. The minimum atomic E-state index is -0.598. The quantitative estimate of drug-likeness (QED) is 0.567. The van der Waals surface area contributed by atoms with Gasteiger partial charge < -0.3 is 10.0 Å². The maximum absolute atomic E-state index is 13.0. The summed E-state index contributed by atoms with van der Waals surface area (Å²) in [7, 11) is 0. The number of likely N-dealkylation sites (tertiary alicyclic amines) is 2. The zero-order chi connectivity index (χ0) is 22.3. The first-order chi connectivity index (χ1) is 15.6. The summed E-state index contributed by atoms with van der Waals surface area (Å²) in [6.07, 6.45) is 13.1. The summed E-state index contributed by atoms with van der Waals surface area (Å²) in [6, 6.07) is 6.68. The van der Waals surface area contributed by atoms with E-state index in [0.717, 1.165) is 51.2 Å². The number of carboxylic acid groups (broad SMARTS) is 1. The summed E-state index contributed by atoms with van der Waals surface area (Å²) in [5.41, 5.74) is 1.24. The Morgan fingerprint density at radius 1 is 0.969 bits per heavy atom. The summed E-state index contributed by atoms with van der Waals surface area (Å²) in [5, 5.41) is 9.91. The van der Waals surface area contributed by atoms with Crippen LogP contribution in [0.4, 0.5) is 4.39 Å². The van der Waals surface area contributed by atoms with Crippen LogP contribution in [-0.4, -0.2) is 59.6 Å². The highest BCUT2D eigenvalue weighted by Gasteiger charge is 2.38. The van der Waals surface area contributed by atoms with E-state index in [2.05, 4.69) is 9.80 Å². The molecule has 1 aromatic rings. The van der Waals surface area contributed by atoms with Crippen molar-refractivity contribution in [1.29, 1.82) is 0 Å². The highest BCUT2D eigenvalue weighted by atomic mass is 19.1. The van der Waals surface area contributed by atoms with Gasteiger partial charge in [0.25, 0.3) is 0 Å². The number of hydrogen-bond acceptors (Lipinski definition) is 3. The van der Waals surface area contributed by atoms with E-state index in [9.17, 15) is 14.3 Å². The average Bonchev–Trinajstić information content (AvgIpc) is 3.24. The van der Waals surface area contributed by atoms with Crippen LogP contribution in [0, 0.1) is 23.6 Å². The van der Waals surface area contributed by atoms with Gasteiger partial charge >= 0.3 is 5.97 Å². The van der Waals surface area contributed by atoms with Crippen molar-refractivity contribution in [3.05, 3.63) is 35.6 Å². The lowest BCUT2D eigenvalue weighted by Gasteiger charge is -2.35. The van der Waals surface area contributed by atoms with Gasteiger partial charge in [0.1, 0.15) is 11.9 Å². The fraction of sp³-hybridized carbons (Fsp3) is 0.741. The van der Waals surface area contributed by atoms with Crippen LogP contribution in [-0.2, 0) is 11.2 Å². The molecule has 3 fully saturated rings. The van der Waals surface area contributed by atoms with E-state index < -0.39 is 5.97 Å². The van der Waals surface area contributed by atoms with Crippen LogP contribution in [0.2, 0.25) is 0 Å². The minimum Gasteiger partial charge on any atom is -0.480 e. The molecule has 2 unspecified atom stereocenters. The van der Waals surface area contributed by atoms with E-state index in [-0.39, 0.29) is 11.9 Å². The molecule has 2 atom stereocenters. The molecule has 1 aliphatic carbocycles. The number of aryl methyl sites for hydroxylation is 1. The van der Waals surface area contributed by atoms with E-state index in [1.165, 1.54) is 63.6 Å². The Morgan fingerprint density at radius 3 is 2.34 bits per heavy atom. The molecule has 0 bridgehead atoms. The summed E-state index contributed by atoms with van der Waals surface area (Å²) in [4.78, 5) is 17.0. The molecule has 2 aliphatic heterocycles. The van der Waals surface area contributed by atoms with Crippen molar-refractivity contribution < 1.29 is 14.3 Å². The van der Waals surface area contributed by atoms with E-state index >= 15 is 0 Å². The van der Waals surface area contributed by atoms with Crippen LogP contribution in [0.25, 0.3) is 0 Å². The largest absolute Gasteiger partial charge is 0.480 e. The number of nitrogens with zero attached hydrogens (tertiary/aromatic N) is 2. The van der Waals surface area contributed by atoms with Crippen LogP contribution < -0.4 is 0 Å². The number of aliphatic carboxylic acids is 1. The molecular formula is C27H41FN2O2. The predicted octanol–water partition coefficient (Wildman–Crippen LogP) is 5.22. The molecule has 2 saturated heterocycles. The molecule has 0 amide bonds. The third-order valence-corrected chi connectivity index (χ3v) is 8.27. The van der Waals surface area contributed by atoms with Gasteiger partial charge in [-0.05, 0) is 100 Å². The summed E-state index contributed by atoms with van der Waals surface area (Å²) in [5.74, 6) is 1.04. The zero-order valence-electron chi connectivity index (χ0n) is 19.6. The molecule has 2 heterocycles. The highest BCUT2D eigenvalue weighted by molar-refractivity contribution is 5.74. The Labute approximate surface area is 193 Å². The molecular weight excluding hydrogens is 403 g/mol. The van der Waals surface area contributed by atoms with Crippen molar-refractivity contribution in [2.24, 2.45) is 17.8 Å². The number of carbonyl (C=O) groups is 1. The number of rotatable bonds is 9. The van der Waals surface area contributed by atoms with Gasteiger partial charge in [0, 0.05) is 13.1 Å². The van der Waals surface area contributed by atoms with Gasteiger partial charge in [-0.2, -0.15) is 0 Å². The van der Waals surface area contributed by atoms with E-state index in [4.69, 9.17) is 0 Å². The Morgan fingerprint density at radius 2 is 1.66 bits per heavy atom. The standard InChI is InChI=1S/C27H41FN2O2/c28-25-11-9-21(10-12-25)5-4-6-22-13-16-29(17-14-22)19-23-15-18-30(20-23)26(27(31)32)24-7-2-1-3-8-24/h9-12,22-24,26H,1-8,13-20H2,(H,31,32). The normalized spacial score (nSPS) is 25.2. The van der Waals surface area contributed by atoms with Gasteiger partial charge in [-0.25, -0.2) is 4.39 Å². The topological polar surface area (TPSA) is 43.8 Å². The molecule has 5 heteroatoms. The number of benzene rings is 1. The minimum absolute atomic E-state index is 0.154. The molecule has 0 aromatic heterocycles. The Balaban J connectivity index is 1.15. The molecule has 0 spiro atoms. The van der Waals surface area contributed by atoms with Crippen molar-refractivity contribution in [2.45, 2.75) is 76.7 Å². The van der Waals surface area contributed by atoms with Crippen molar-refractivity contribution in [3.8, 4) is 0 Å². The van der Waals surface area contributed by atoms with Gasteiger partial charge in [-0.1, -0.05) is 37.8 Å². The maximum atomic E-state index is 13.0. The lowest BCUT2D eigenvalue weighted by Crippen LogP contribution is -2.46. The second-order valence-corrected chi connectivity index (χ2v) is 10.6. The van der Waals surface area contributed by atoms with Crippen molar-refractivity contribution >= 4 is 5.97 Å². The molecule has 1 N–H and O–H groups in total. The van der Waals surface area contributed by atoms with Crippen molar-refractivity contribution in [3.63, 3.8) is 0 Å². The lowest BCUT2D eigenvalue weighted by molar-refractivity contribution is -0.145. The van der Waals surface area contributed by atoms with Gasteiger partial charge in [-0.15, -0.1) is 0 Å². The molecule has 0 radical (unpaired) electrons. The SMILES string of the molecule is O=C(O)C(C1CCCCC1)N1CCC(CN2CCC(CCCc3ccc(F)cc3)CC2)C1. The van der Waals surface area contributed by atoms with Gasteiger partial charge in [0.05, 0.1) is 0 Å². The lowest BCUT2D eigenvalue weighted by atomic mass is 9.83. The third kappa shape index (κ3) is 6.54. The Kier molecular flexibility index (Phi) is 8.59. The van der Waals surface area contributed by atoms with E-state index in [1.54, 1.807) is 12.1 Å². The van der Waals surface area contributed by atoms with Gasteiger partial charge in [0.2, 0.25) is 0 Å². The van der Waals surface area contributed by atoms with Crippen LogP contribution in [0.1, 0.15) is 69.8 Å². The molecule has 1 aromatic carbocycles. The molecule has 32 heavy (non-hydrogen) atoms. The van der Waals surface area contributed by atoms with Crippen molar-refractivity contribution in [2.75, 3.05) is 32.7 Å². The van der Waals surface area contributed by atoms with Crippen molar-refractivity contribution in [1.82, 2.24) is 9.80 Å². The molecule has 4 nitrogen and oxygen atoms in total. The molecule has 3 aliphatic rings. The molecule has 1 saturated carbocycles. The fourth-order valence-electron chi connectivity index (χ4n) is 6.44. The van der Waals surface area contributed by atoms with Gasteiger partial charge in [-0.3, -0.25) is 9.69 Å². The van der Waals surface area contributed by atoms with Gasteiger partial charge in [0.15, 0.2) is 0 Å². The average molecular weight is 445 g/mol. The van der Waals surface area contributed by atoms with Crippen LogP contribution in [0.5, 0.6) is 0 Å². The van der Waals surface area contributed by atoms with E-state index in [0.29, 0.717) is 11.8 Å². The van der Waals surface area contributed by atoms with Crippen LogP contribution >= 0.6 is 0 Å². The number of piperidine rings is 1. The fourth-order valence-corrected chi connectivity index (χ4v) is 6.44. The smallest absolute Gasteiger partial charge is 0.321 e. The maximum Gasteiger partial charge on any atom is 0.321 e.